The second kappa shape index (κ2) is 4.89. The van der Waals surface area contributed by atoms with Crippen LogP contribution < -0.4 is 10.9 Å². The van der Waals surface area contributed by atoms with Crippen molar-refractivity contribution in [3.8, 4) is 0 Å². The molecule has 6 nitrogen and oxygen atoms in total. The van der Waals surface area contributed by atoms with Gasteiger partial charge in [-0.15, -0.1) is 0 Å². The van der Waals surface area contributed by atoms with E-state index >= 15 is 0 Å². The van der Waals surface area contributed by atoms with E-state index in [-0.39, 0.29) is 6.54 Å². The number of fused-ring (bicyclic) bond motifs is 1. The van der Waals surface area contributed by atoms with Crippen LogP contribution >= 0.6 is 0 Å². The Hall–Kier alpha value is -1.70. The molecule has 2 N–H and O–H groups in total. The molecule has 2 aromatic rings. The van der Waals surface area contributed by atoms with E-state index in [1.807, 2.05) is 0 Å². The van der Waals surface area contributed by atoms with Crippen LogP contribution in [0.15, 0.2) is 39.5 Å². The Kier molecular flexibility index (Phi) is 3.46. The Labute approximate surface area is 103 Å². The molecule has 0 saturated carbocycles. The van der Waals surface area contributed by atoms with Gasteiger partial charge < -0.3 is 4.42 Å². The van der Waals surface area contributed by atoms with E-state index in [0.717, 1.165) is 5.39 Å². The van der Waals surface area contributed by atoms with Gasteiger partial charge in [-0.25, -0.2) is 4.79 Å². The minimum absolute atomic E-state index is 0.00690. The second-order valence-corrected chi connectivity index (χ2v) is 5.20. The lowest BCUT2D eigenvalue weighted by Crippen LogP contribution is -2.24. The Morgan fingerprint density at radius 2 is 2.00 bits per heavy atom. The first kappa shape index (κ1) is 12.7. The van der Waals surface area contributed by atoms with Crippen LogP contribution in [0.1, 0.15) is 5.56 Å². The maximum Gasteiger partial charge on any atom is 0.340 e. The first-order valence-electron chi connectivity index (χ1n) is 5.13. The van der Waals surface area contributed by atoms with Gasteiger partial charge >= 0.3 is 5.63 Å². The van der Waals surface area contributed by atoms with Crippen molar-refractivity contribution in [2.75, 3.05) is 5.88 Å². The van der Waals surface area contributed by atoms with Gasteiger partial charge in [0.15, 0.2) is 0 Å². The molecule has 18 heavy (non-hydrogen) atoms. The normalized spacial score (nSPS) is 11.8. The largest absolute Gasteiger partial charge is 0.422 e. The fourth-order valence-corrected chi connectivity index (χ4v) is 1.90. The van der Waals surface area contributed by atoms with Crippen LogP contribution in [-0.4, -0.2) is 18.8 Å². The van der Waals surface area contributed by atoms with Gasteiger partial charge in [-0.1, -0.05) is 18.2 Å². The van der Waals surface area contributed by atoms with Gasteiger partial charge in [0.2, 0.25) is 0 Å². The Bertz CT molecular complexity index is 720. The lowest BCUT2D eigenvalue weighted by atomic mass is 10.2. The molecule has 0 aliphatic carbocycles. The van der Waals surface area contributed by atoms with Crippen molar-refractivity contribution in [2.24, 2.45) is 0 Å². The molecule has 0 amide bonds. The third-order valence-corrected chi connectivity index (χ3v) is 2.88. The van der Waals surface area contributed by atoms with Crippen molar-refractivity contribution in [2.45, 2.75) is 6.54 Å². The molecule has 0 atom stereocenters. The molecule has 2 rings (SSSR count). The molecule has 7 heteroatoms. The van der Waals surface area contributed by atoms with E-state index in [1.165, 1.54) is 0 Å². The summed E-state index contributed by atoms with van der Waals surface area (Å²) in [7, 11) is -4.09. The predicted octanol–water partition coefficient (Wildman–Crippen LogP) is 0.728. The number of rotatable bonds is 4. The molecule has 0 unspecified atom stereocenters. The molecule has 1 aromatic heterocycles. The number of para-hydroxylation sites is 1. The summed E-state index contributed by atoms with van der Waals surface area (Å²) in [5.41, 5.74) is 0.245. The fraction of sp³-hybridized carbons (Fsp3) is 0.182. The van der Waals surface area contributed by atoms with E-state index in [4.69, 9.17) is 8.97 Å². The third-order valence-electron chi connectivity index (χ3n) is 2.31. The summed E-state index contributed by atoms with van der Waals surface area (Å²) in [5.74, 6) is -0.612. The number of hydrogen-bond donors (Lipinski definition) is 2. The molecule has 0 radical (unpaired) electrons. The van der Waals surface area contributed by atoms with Gasteiger partial charge in [-0.3, -0.25) is 9.87 Å². The average Bonchev–Trinajstić information content (AvgIpc) is 2.28. The zero-order chi connectivity index (χ0) is 13.2. The fourth-order valence-electron chi connectivity index (χ4n) is 1.54. The first-order chi connectivity index (χ1) is 8.46. The summed E-state index contributed by atoms with van der Waals surface area (Å²) < 4.78 is 34.6. The first-order valence-corrected chi connectivity index (χ1v) is 6.74. The second-order valence-electron chi connectivity index (χ2n) is 3.75. The van der Waals surface area contributed by atoms with Gasteiger partial charge in [-0.2, -0.15) is 8.42 Å². The highest BCUT2D eigenvalue weighted by Gasteiger charge is 2.07. The SMILES string of the molecule is O=c1oc2ccccc2cc1CNCS(=O)(=O)O. The maximum atomic E-state index is 11.6. The molecular weight excluding hydrogens is 258 g/mol. The van der Waals surface area contributed by atoms with Gasteiger partial charge in [0, 0.05) is 11.9 Å². The molecule has 0 aliphatic heterocycles. The Morgan fingerprint density at radius 3 is 2.72 bits per heavy atom. The highest BCUT2D eigenvalue weighted by atomic mass is 32.2. The molecule has 96 valence electrons. The molecule has 0 saturated heterocycles. The van der Waals surface area contributed by atoms with Crippen LogP contribution in [0.25, 0.3) is 11.0 Å². The smallest absolute Gasteiger partial charge is 0.340 e. The molecule has 1 heterocycles. The predicted molar refractivity (Wildman–Crippen MR) is 65.7 cm³/mol. The lowest BCUT2D eigenvalue weighted by Gasteiger charge is -2.03. The van der Waals surface area contributed by atoms with E-state index in [2.05, 4.69) is 5.32 Å². The van der Waals surface area contributed by atoms with Crippen molar-refractivity contribution in [3.63, 3.8) is 0 Å². The van der Waals surface area contributed by atoms with Crippen LogP contribution in [0, 0.1) is 0 Å². The van der Waals surface area contributed by atoms with Gasteiger partial charge in [0.05, 0.1) is 5.56 Å². The van der Waals surface area contributed by atoms with Crippen LogP contribution in [0.5, 0.6) is 0 Å². The summed E-state index contributed by atoms with van der Waals surface area (Å²) in [6.07, 6.45) is 0. The number of benzene rings is 1. The molecule has 0 bridgehead atoms. The standard InChI is InChI=1S/C11H11NO5S/c13-11-9(6-12-7-18(14,15)16)5-8-3-1-2-4-10(8)17-11/h1-5,12H,6-7H2,(H,14,15,16). The third kappa shape index (κ3) is 3.16. The lowest BCUT2D eigenvalue weighted by molar-refractivity contribution is 0.475. The molecule has 0 spiro atoms. The Balaban J connectivity index is 2.23. The summed E-state index contributed by atoms with van der Waals surface area (Å²) in [6.45, 7) is 0.00690. The van der Waals surface area contributed by atoms with Gasteiger partial charge in [-0.05, 0) is 12.1 Å². The van der Waals surface area contributed by atoms with E-state index in [1.54, 1.807) is 30.3 Å². The zero-order valence-electron chi connectivity index (χ0n) is 9.29. The van der Waals surface area contributed by atoms with E-state index in [9.17, 15) is 13.2 Å². The summed E-state index contributed by atoms with van der Waals surface area (Å²) in [6, 6.07) is 8.63. The number of nitrogens with one attached hydrogen (secondary N) is 1. The zero-order valence-corrected chi connectivity index (χ0v) is 10.1. The van der Waals surface area contributed by atoms with Crippen LogP contribution in [0.2, 0.25) is 0 Å². The van der Waals surface area contributed by atoms with Crippen molar-refractivity contribution >= 4 is 21.1 Å². The van der Waals surface area contributed by atoms with Crippen molar-refractivity contribution < 1.29 is 17.4 Å². The van der Waals surface area contributed by atoms with Crippen LogP contribution in [0.4, 0.5) is 0 Å². The van der Waals surface area contributed by atoms with Crippen LogP contribution in [-0.2, 0) is 16.7 Å². The highest BCUT2D eigenvalue weighted by molar-refractivity contribution is 7.85. The minimum atomic E-state index is -4.09. The summed E-state index contributed by atoms with van der Waals surface area (Å²) in [4.78, 5) is 11.6. The molecule has 0 aliphatic rings. The topological polar surface area (TPSA) is 96.6 Å². The number of hydrogen-bond acceptors (Lipinski definition) is 5. The van der Waals surface area contributed by atoms with E-state index in [0.29, 0.717) is 11.1 Å². The quantitative estimate of drug-likeness (QED) is 0.627. The van der Waals surface area contributed by atoms with Gasteiger partial charge in [0.25, 0.3) is 10.1 Å². The minimum Gasteiger partial charge on any atom is -0.422 e. The van der Waals surface area contributed by atoms with Gasteiger partial charge in [0.1, 0.15) is 11.5 Å². The highest BCUT2D eigenvalue weighted by Crippen LogP contribution is 2.12. The molecule has 1 aromatic carbocycles. The summed E-state index contributed by atoms with van der Waals surface area (Å²) in [5, 5.41) is 3.20. The van der Waals surface area contributed by atoms with Crippen LogP contribution in [0.3, 0.4) is 0 Å². The monoisotopic (exact) mass is 269 g/mol. The molecule has 0 fully saturated rings. The summed E-state index contributed by atoms with van der Waals surface area (Å²) >= 11 is 0. The maximum absolute atomic E-state index is 11.6. The van der Waals surface area contributed by atoms with E-state index < -0.39 is 21.6 Å². The van der Waals surface area contributed by atoms with Crippen molar-refractivity contribution in [1.29, 1.82) is 0 Å². The van der Waals surface area contributed by atoms with Crippen molar-refractivity contribution in [1.82, 2.24) is 5.32 Å². The Morgan fingerprint density at radius 1 is 1.28 bits per heavy atom. The molecular formula is C11H11NO5S. The average molecular weight is 269 g/mol. The van der Waals surface area contributed by atoms with Crippen molar-refractivity contribution in [3.05, 3.63) is 46.3 Å².